The summed E-state index contributed by atoms with van der Waals surface area (Å²) in [6.07, 6.45) is 0.789. The molecular weight excluding hydrogens is 202 g/mol. The summed E-state index contributed by atoms with van der Waals surface area (Å²) in [6.45, 7) is 0. The summed E-state index contributed by atoms with van der Waals surface area (Å²) in [5.41, 5.74) is 1.05. The maximum Gasteiger partial charge on any atom is 0.0453 e. The Morgan fingerprint density at radius 2 is 1.91 bits per heavy atom. The van der Waals surface area contributed by atoms with Gasteiger partial charge in [0.25, 0.3) is 0 Å². The molecule has 0 nitrogen and oxygen atoms in total. The van der Waals surface area contributed by atoms with Crippen molar-refractivity contribution >= 4 is 34.8 Å². The first-order valence-corrected chi connectivity index (χ1v) is 4.53. The van der Waals surface area contributed by atoms with E-state index in [0.29, 0.717) is 15.9 Å². The van der Waals surface area contributed by atoms with Crippen LogP contribution in [-0.4, -0.2) is 5.88 Å². The number of hydrogen-bond acceptors (Lipinski definition) is 0. The van der Waals surface area contributed by atoms with Crippen molar-refractivity contribution in [2.45, 2.75) is 6.42 Å². The maximum atomic E-state index is 5.87. The first-order valence-electron chi connectivity index (χ1n) is 3.24. The number of benzene rings is 1. The van der Waals surface area contributed by atoms with Crippen molar-refractivity contribution in [2.75, 3.05) is 5.88 Å². The number of rotatable bonds is 2. The molecule has 60 valence electrons. The Balaban J connectivity index is 2.90. The third-order valence-electron chi connectivity index (χ3n) is 1.38. The van der Waals surface area contributed by atoms with E-state index in [1.54, 1.807) is 6.07 Å². The van der Waals surface area contributed by atoms with Crippen molar-refractivity contribution in [3.8, 4) is 0 Å². The summed E-state index contributed by atoms with van der Waals surface area (Å²) in [5.74, 6) is 0.585. The molecule has 0 N–H and O–H groups in total. The summed E-state index contributed by atoms with van der Waals surface area (Å²) in [7, 11) is 0. The molecular formula is C8H7Cl3. The molecule has 0 saturated heterocycles. The van der Waals surface area contributed by atoms with E-state index in [-0.39, 0.29) is 0 Å². The van der Waals surface area contributed by atoms with Crippen LogP contribution in [0.15, 0.2) is 18.2 Å². The number of halogens is 3. The highest BCUT2D eigenvalue weighted by Gasteiger charge is 1.99. The fraction of sp³-hybridized carbons (Fsp3) is 0.250. The van der Waals surface area contributed by atoms with Crippen LogP contribution in [-0.2, 0) is 6.42 Å². The molecule has 0 aliphatic carbocycles. The van der Waals surface area contributed by atoms with Crippen molar-refractivity contribution in [2.24, 2.45) is 0 Å². The van der Waals surface area contributed by atoms with Crippen LogP contribution in [0.25, 0.3) is 0 Å². The molecule has 1 aromatic rings. The van der Waals surface area contributed by atoms with Crippen LogP contribution >= 0.6 is 34.8 Å². The van der Waals surface area contributed by atoms with E-state index in [0.717, 1.165) is 12.0 Å². The molecule has 0 radical (unpaired) electrons. The van der Waals surface area contributed by atoms with Gasteiger partial charge in [0.15, 0.2) is 0 Å². The number of alkyl halides is 1. The molecule has 0 saturated carbocycles. The largest absolute Gasteiger partial charge is 0.126 e. The molecule has 0 fully saturated rings. The van der Waals surface area contributed by atoms with Crippen molar-refractivity contribution in [3.05, 3.63) is 33.8 Å². The third-order valence-corrected chi connectivity index (χ3v) is 2.15. The van der Waals surface area contributed by atoms with Crippen LogP contribution in [0, 0.1) is 0 Å². The summed E-state index contributed by atoms with van der Waals surface area (Å²) >= 11 is 17.1. The van der Waals surface area contributed by atoms with E-state index in [9.17, 15) is 0 Å². The quantitative estimate of drug-likeness (QED) is 0.651. The molecule has 0 spiro atoms. The predicted octanol–water partition coefficient (Wildman–Crippen LogP) is 3.77. The Kier molecular flexibility index (Phi) is 3.50. The Morgan fingerprint density at radius 3 is 2.45 bits per heavy atom. The first-order chi connectivity index (χ1) is 5.24. The van der Waals surface area contributed by atoms with Crippen LogP contribution in [0.5, 0.6) is 0 Å². The second kappa shape index (κ2) is 4.20. The van der Waals surface area contributed by atoms with Crippen molar-refractivity contribution in [1.82, 2.24) is 0 Å². The average molecular weight is 210 g/mol. The molecule has 11 heavy (non-hydrogen) atoms. The van der Waals surface area contributed by atoms with Gasteiger partial charge in [-0.15, -0.1) is 11.6 Å². The molecule has 0 heterocycles. The highest BCUT2D eigenvalue weighted by atomic mass is 35.5. The molecule has 3 heteroatoms. The zero-order chi connectivity index (χ0) is 8.27. The van der Waals surface area contributed by atoms with Gasteiger partial charge >= 0.3 is 0 Å². The molecule has 0 aliphatic heterocycles. The lowest BCUT2D eigenvalue weighted by Gasteiger charge is -2.00. The van der Waals surface area contributed by atoms with Gasteiger partial charge in [0, 0.05) is 15.9 Å². The van der Waals surface area contributed by atoms with Crippen LogP contribution in [0.2, 0.25) is 10.0 Å². The van der Waals surface area contributed by atoms with Crippen LogP contribution in [0.4, 0.5) is 0 Å². The third kappa shape index (κ3) is 2.55. The highest BCUT2D eigenvalue weighted by Crippen LogP contribution is 2.21. The number of aryl methyl sites for hydroxylation is 1. The van der Waals surface area contributed by atoms with E-state index in [4.69, 9.17) is 34.8 Å². The van der Waals surface area contributed by atoms with E-state index in [1.807, 2.05) is 12.1 Å². The van der Waals surface area contributed by atoms with Gasteiger partial charge in [-0.1, -0.05) is 29.3 Å². The zero-order valence-electron chi connectivity index (χ0n) is 5.78. The van der Waals surface area contributed by atoms with Crippen molar-refractivity contribution < 1.29 is 0 Å². The molecule has 0 aromatic heterocycles. The van der Waals surface area contributed by atoms with Gasteiger partial charge in [-0.05, 0) is 24.1 Å². The van der Waals surface area contributed by atoms with E-state index >= 15 is 0 Å². The second-order valence-corrected chi connectivity index (χ2v) is 3.40. The van der Waals surface area contributed by atoms with Gasteiger partial charge in [0.2, 0.25) is 0 Å². The second-order valence-electron chi connectivity index (χ2n) is 2.17. The molecule has 0 atom stereocenters. The Hall–Kier alpha value is 0.0900. The maximum absolute atomic E-state index is 5.87. The molecule has 0 unspecified atom stereocenters. The van der Waals surface area contributed by atoms with Crippen LogP contribution < -0.4 is 0 Å². The Morgan fingerprint density at radius 1 is 1.18 bits per heavy atom. The van der Waals surface area contributed by atoms with Crippen molar-refractivity contribution in [3.63, 3.8) is 0 Å². The van der Waals surface area contributed by atoms with Gasteiger partial charge in [0.05, 0.1) is 0 Å². The molecule has 1 aromatic carbocycles. The van der Waals surface area contributed by atoms with Crippen LogP contribution in [0.3, 0.4) is 0 Å². The zero-order valence-corrected chi connectivity index (χ0v) is 8.05. The molecule has 1 rings (SSSR count). The first kappa shape index (κ1) is 9.18. The summed E-state index contributed by atoms with van der Waals surface area (Å²) in [6, 6.07) is 5.44. The topological polar surface area (TPSA) is 0 Å². The van der Waals surface area contributed by atoms with Crippen LogP contribution in [0.1, 0.15) is 5.56 Å². The van der Waals surface area contributed by atoms with Crippen molar-refractivity contribution in [1.29, 1.82) is 0 Å². The van der Waals surface area contributed by atoms with E-state index in [2.05, 4.69) is 0 Å². The van der Waals surface area contributed by atoms with Gasteiger partial charge in [-0.2, -0.15) is 0 Å². The van der Waals surface area contributed by atoms with Gasteiger partial charge in [0.1, 0.15) is 0 Å². The SMILES string of the molecule is ClCCc1ccc(Cl)cc1Cl. The van der Waals surface area contributed by atoms with Gasteiger partial charge in [-0.25, -0.2) is 0 Å². The fourth-order valence-electron chi connectivity index (χ4n) is 0.826. The van der Waals surface area contributed by atoms with E-state index < -0.39 is 0 Å². The lowest BCUT2D eigenvalue weighted by Crippen LogP contribution is -1.86. The standard InChI is InChI=1S/C8H7Cl3/c9-4-3-6-1-2-7(10)5-8(6)11/h1-2,5H,3-4H2. The average Bonchev–Trinajstić information content (AvgIpc) is 1.95. The summed E-state index contributed by atoms with van der Waals surface area (Å²) in [4.78, 5) is 0. The summed E-state index contributed by atoms with van der Waals surface area (Å²) < 4.78 is 0. The minimum Gasteiger partial charge on any atom is -0.126 e. The normalized spacial score (nSPS) is 10.1. The molecule has 0 amide bonds. The lowest BCUT2D eigenvalue weighted by molar-refractivity contribution is 1.15. The summed E-state index contributed by atoms with van der Waals surface area (Å²) in [5, 5.41) is 1.35. The molecule has 0 bridgehead atoms. The van der Waals surface area contributed by atoms with Gasteiger partial charge in [-0.3, -0.25) is 0 Å². The molecule has 0 aliphatic rings. The lowest BCUT2D eigenvalue weighted by atomic mass is 10.2. The number of hydrogen-bond donors (Lipinski definition) is 0. The minimum atomic E-state index is 0.585. The van der Waals surface area contributed by atoms with E-state index in [1.165, 1.54) is 0 Å². The fourth-order valence-corrected chi connectivity index (χ4v) is 1.53. The Labute approximate surface area is 81.1 Å². The highest BCUT2D eigenvalue weighted by molar-refractivity contribution is 6.35. The Bertz CT molecular complexity index is 245. The monoisotopic (exact) mass is 208 g/mol. The van der Waals surface area contributed by atoms with Gasteiger partial charge < -0.3 is 0 Å². The predicted molar refractivity (Wildman–Crippen MR) is 50.9 cm³/mol. The minimum absolute atomic E-state index is 0.585. The smallest absolute Gasteiger partial charge is 0.0453 e.